The van der Waals surface area contributed by atoms with Crippen LogP contribution in [0.4, 0.5) is 4.39 Å². The summed E-state index contributed by atoms with van der Waals surface area (Å²) in [6.45, 7) is 8.69. The lowest BCUT2D eigenvalue weighted by molar-refractivity contribution is -0.132. The summed E-state index contributed by atoms with van der Waals surface area (Å²) in [6, 6.07) is 7.53. The molecule has 10 heteroatoms. The van der Waals surface area contributed by atoms with Crippen LogP contribution in [-0.4, -0.2) is 86.8 Å². The van der Waals surface area contributed by atoms with E-state index in [4.69, 9.17) is 0 Å². The van der Waals surface area contributed by atoms with Crippen LogP contribution in [0.15, 0.2) is 42.7 Å². The van der Waals surface area contributed by atoms with Gasteiger partial charge in [0.1, 0.15) is 11.9 Å². The first-order valence-electron chi connectivity index (χ1n) is 15.6. The number of fused-ring (bicyclic) bond motifs is 1. The van der Waals surface area contributed by atoms with E-state index in [9.17, 15) is 24.2 Å². The van der Waals surface area contributed by atoms with Crippen molar-refractivity contribution in [2.24, 2.45) is 11.8 Å². The molecule has 2 aliphatic carbocycles. The molecule has 2 heterocycles. The van der Waals surface area contributed by atoms with Crippen molar-refractivity contribution in [3.8, 4) is 0 Å². The topological polar surface area (TPSA) is 118 Å². The van der Waals surface area contributed by atoms with Gasteiger partial charge in [0, 0.05) is 63.0 Å². The lowest BCUT2D eigenvalue weighted by atomic mass is 9.93. The molecule has 5 rings (SSSR count). The van der Waals surface area contributed by atoms with Crippen molar-refractivity contribution >= 4 is 11.8 Å². The molecule has 1 aromatic heterocycles. The molecule has 2 amide bonds. The van der Waals surface area contributed by atoms with Gasteiger partial charge in [0.15, 0.2) is 0 Å². The summed E-state index contributed by atoms with van der Waals surface area (Å²) < 4.78 is 14.3. The van der Waals surface area contributed by atoms with E-state index >= 15 is 0 Å². The molecule has 0 bridgehead atoms. The molecule has 0 radical (unpaired) electrons. The van der Waals surface area contributed by atoms with Crippen molar-refractivity contribution in [1.29, 1.82) is 0 Å². The summed E-state index contributed by atoms with van der Waals surface area (Å²) >= 11 is 0. The predicted octanol–water partition coefficient (Wildman–Crippen LogP) is 2.56. The van der Waals surface area contributed by atoms with Crippen molar-refractivity contribution in [3.63, 3.8) is 0 Å². The lowest BCUT2D eigenvalue weighted by Crippen LogP contribution is -2.61. The number of benzene rings is 1. The fourth-order valence-corrected chi connectivity index (χ4v) is 6.49. The first kappa shape index (κ1) is 31.5. The molecule has 1 aromatic carbocycles. The van der Waals surface area contributed by atoms with Crippen LogP contribution in [0, 0.1) is 17.7 Å². The van der Waals surface area contributed by atoms with Gasteiger partial charge in [-0.25, -0.2) is 4.39 Å². The third kappa shape index (κ3) is 8.38. The number of rotatable bonds is 11. The maximum atomic E-state index is 14.3. The van der Waals surface area contributed by atoms with Gasteiger partial charge in [-0.1, -0.05) is 31.0 Å². The number of aromatic nitrogens is 1. The fourth-order valence-electron chi connectivity index (χ4n) is 6.49. The standard InChI is InChI=1S/C33H46FN5O4/c1-33(2,3)37-32(43)28-20-38(18-22-6-5-11-35-17-22)12-13-39(28)19-24(40)15-23(14-21-9-10-21)31(42)36-30-25-7-4-8-27(34)26(25)16-29(30)41/h4-8,11,17,21,23-24,28-30,40-41H,9-10,12-16,18-20H2,1-3H3,(H,36,42)(H,37,43)/t23-,24+,28+,29-,30+/m1/s1. The van der Waals surface area contributed by atoms with Crippen LogP contribution in [0.1, 0.15) is 69.2 Å². The van der Waals surface area contributed by atoms with Crippen LogP contribution in [0.5, 0.6) is 0 Å². The highest BCUT2D eigenvalue weighted by Gasteiger charge is 2.39. The monoisotopic (exact) mass is 595 g/mol. The molecule has 2 aromatic rings. The van der Waals surface area contributed by atoms with E-state index in [2.05, 4.69) is 20.5 Å². The van der Waals surface area contributed by atoms with Gasteiger partial charge in [-0.15, -0.1) is 0 Å². The van der Waals surface area contributed by atoms with E-state index in [1.807, 2.05) is 44.0 Å². The number of halogens is 1. The highest BCUT2D eigenvalue weighted by atomic mass is 19.1. The molecule has 4 N–H and O–H groups in total. The Morgan fingerprint density at radius 2 is 1.95 bits per heavy atom. The highest BCUT2D eigenvalue weighted by molar-refractivity contribution is 5.83. The Balaban J connectivity index is 1.24. The van der Waals surface area contributed by atoms with E-state index in [-0.39, 0.29) is 37.0 Å². The molecule has 1 saturated carbocycles. The highest BCUT2D eigenvalue weighted by Crippen LogP contribution is 2.38. The molecular weight excluding hydrogens is 549 g/mol. The third-order valence-electron chi connectivity index (χ3n) is 8.78. The number of nitrogens with one attached hydrogen (secondary N) is 2. The van der Waals surface area contributed by atoms with E-state index in [1.165, 1.54) is 6.07 Å². The molecule has 9 nitrogen and oxygen atoms in total. The molecule has 1 saturated heterocycles. The van der Waals surface area contributed by atoms with Gasteiger partial charge in [-0.3, -0.25) is 24.4 Å². The Labute approximate surface area is 253 Å². The quantitative estimate of drug-likeness (QED) is 0.316. The van der Waals surface area contributed by atoms with Crippen molar-refractivity contribution in [1.82, 2.24) is 25.4 Å². The minimum absolute atomic E-state index is 0.0796. The Morgan fingerprint density at radius 3 is 2.65 bits per heavy atom. The van der Waals surface area contributed by atoms with Crippen molar-refractivity contribution in [2.75, 3.05) is 26.2 Å². The van der Waals surface area contributed by atoms with Gasteiger partial charge in [0.25, 0.3) is 0 Å². The second-order valence-electron chi connectivity index (χ2n) is 13.7. The summed E-state index contributed by atoms with van der Waals surface area (Å²) in [5, 5.41) is 28.1. The SMILES string of the molecule is CC(C)(C)NC(=O)[C@@H]1CN(Cc2cccnc2)CCN1C[C@@H](O)C[C@@H](CC1CC1)C(=O)N[C@H]1c2cccc(F)c2C[C@H]1O. The number of hydrogen-bond donors (Lipinski definition) is 4. The Kier molecular flexibility index (Phi) is 9.80. The normalized spacial score (nSPS) is 24.3. The second-order valence-corrected chi connectivity index (χ2v) is 13.7. The number of aliphatic hydroxyl groups excluding tert-OH is 2. The second kappa shape index (κ2) is 13.4. The van der Waals surface area contributed by atoms with E-state index in [0.29, 0.717) is 43.1 Å². The van der Waals surface area contributed by atoms with Crippen LogP contribution in [0.3, 0.4) is 0 Å². The predicted molar refractivity (Wildman–Crippen MR) is 161 cm³/mol. The number of amides is 2. The zero-order valence-corrected chi connectivity index (χ0v) is 25.5. The van der Waals surface area contributed by atoms with Crippen molar-refractivity contribution in [2.45, 2.75) is 89.3 Å². The Morgan fingerprint density at radius 1 is 1.16 bits per heavy atom. The molecule has 5 atom stereocenters. The van der Waals surface area contributed by atoms with E-state index in [1.54, 1.807) is 18.3 Å². The largest absolute Gasteiger partial charge is 0.392 e. The van der Waals surface area contributed by atoms with Gasteiger partial charge in [0.05, 0.1) is 18.2 Å². The van der Waals surface area contributed by atoms with Gasteiger partial charge >= 0.3 is 0 Å². The average Bonchev–Trinajstić information content (AvgIpc) is 3.71. The van der Waals surface area contributed by atoms with Crippen LogP contribution >= 0.6 is 0 Å². The summed E-state index contributed by atoms with van der Waals surface area (Å²) in [7, 11) is 0. The van der Waals surface area contributed by atoms with Crippen molar-refractivity contribution in [3.05, 3.63) is 65.2 Å². The number of hydrogen-bond acceptors (Lipinski definition) is 7. The van der Waals surface area contributed by atoms with Crippen LogP contribution in [0.2, 0.25) is 0 Å². The molecule has 2 fully saturated rings. The van der Waals surface area contributed by atoms with Crippen molar-refractivity contribution < 1.29 is 24.2 Å². The maximum Gasteiger partial charge on any atom is 0.239 e. The number of pyridine rings is 1. The number of piperazine rings is 1. The molecule has 43 heavy (non-hydrogen) atoms. The molecule has 1 aliphatic heterocycles. The minimum atomic E-state index is -0.896. The number of nitrogens with zero attached hydrogens (tertiary/aromatic N) is 3. The van der Waals surface area contributed by atoms with Gasteiger partial charge in [-0.05, 0) is 68.4 Å². The maximum absolute atomic E-state index is 14.3. The summed E-state index contributed by atoms with van der Waals surface area (Å²) in [5.74, 6) is -0.674. The van der Waals surface area contributed by atoms with E-state index in [0.717, 1.165) is 24.9 Å². The first-order chi connectivity index (χ1) is 20.5. The number of carbonyl (C=O) groups is 2. The summed E-state index contributed by atoms with van der Waals surface area (Å²) in [6.07, 6.45) is 5.07. The molecular formula is C33H46FN5O4. The molecule has 0 unspecified atom stereocenters. The zero-order valence-electron chi connectivity index (χ0n) is 25.5. The molecule has 0 spiro atoms. The van der Waals surface area contributed by atoms with E-state index < -0.39 is 35.7 Å². The minimum Gasteiger partial charge on any atom is -0.392 e. The molecule has 3 aliphatic rings. The summed E-state index contributed by atoms with van der Waals surface area (Å²) in [4.78, 5) is 35.5. The van der Waals surface area contributed by atoms with Gasteiger partial charge < -0.3 is 20.8 Å². The number of carbonyl (C=O) groups excluding carboxylic acids is 2. The fraction of sp³-hybridized carbons (Fsp3) is 0.606. The van der Waals surface area contributed by atoms with Gasteiger partial charge in [-0.2, -0.15) is 0 Å². The Bertz CT molecular complexity index is 1270. The van der Waals surface area contributed by atoms with Crippen LogP contribution in [0.25, 0.3) is 0 Å². The lowest BCUT2D eigenvalue weighted by Gasteiger charge is -2.42. The Hall–Kier alpha value is -2.92. The smallest absolute Gasteiger partial charge is 0.239 e. The van der Waals surface area contributed by atoms with Crippen LogP contribution in [-0.2, 0) is 22.6 Å². The average molecular weight is 596 g/mol. The van der Waals surface area contributed by atoms with Gasteiger partial charge in [0.2, 0.25) is 11.8 Å². The first-order valence-corrected chi connectivity index (χ1v) is 15.6. The zero-order chi connectivity index (χ0) is 30.7. The third-order valence-corrected chi connectivity index (χ3v) is 8.78. The summed E-state index contributed by atoms with van der Waals surface area (Å²) in [5.41, 5.74) is 1.75. The number of β-amino-alcohol motifs (C(OH)–C–C–N with tert-alkyl or cyclic N) is 1. The number of aliphatic hydroxyl groups is 2. The van der Waals surface area contributed by atoms with Crippen LogP contribution < -0.4 is 10.6 Å². The molecule has 234 valence electrons.